The predicted molar refractivity (Wildman–Crippen MR) is 78.1 cm³/mol. The lowest BCUT2D eigenvalue weighted by Crippen LogP contribution is -2.02. The summed E-state index contributed by atoms with van der Waals surface area (Å²) in [5.41, 5.74) is 1.79. The summed E-state index contributed by atoms with van der Waals surface area (Å²) < 4.78 is 5.14. The number of aliphatic hydroxyl groups excluding tert-OH is 1. The van der Waals surface area contributed by atoms with E-state index in [1.165, 1.54) is 0 Å². The van der Waals surface area contributed by atoms with E-state index in [4.69, 9.17) is 27.9 Å². The van der Waals surface area contributed by atoms with Crippen LogP contribution in [0.3, 0.4) is 0 Å². The summed E-state index contributed by atoms with van der Waals surface area (Å²) in [5.74, 6) is 0.564. The van der Waals surface area contributed by atoms with Crippen molar-refractivity contribution in [3.8, 4) is 5.75 Å². The van der Waals surface area contributed by atoms with Crippen molar-refractivity contribution in [3.63, 3.8) is 0 Å². The minimum Gasteiger partial charge on any atom is -0.495 e. The van der Waals surface area contributed by atoms with E-state index in [-0.39, 0.29) is 0 Å². The fourth-order valence-corrected chi connectivity index (χ4v) is 2.17. The van der Waals surface area contributed by atoms with Crippen molar-refractivity contribution in [3.05, 3.63) is 63.6 Å². The molecular weight excluding hydrogens is 283 g/mol. The van der Waals surface area contributed by atoms with Crippen LogP contribution in [0.1, 0.15) is 17.2 Å². The van der Waals surface area contributed by atoms with Crippen molar-refractivity contribution in [2.45, 2.75) is 12.5 Å². The number of halogens is 2. The van der Waals surface area contributed by atoms with Gasteiger partial charge in [0, 0.05) is 11.4 Å². The molecule has 0 radical (unpaired) electrons. The van der Waals surface area contributed by atoms with Gasteiger partial charge in [-0.15, -0.1) is 0 Å². The maximum absolute atomic E-state index is 10.2. The molecule has 1 atom stereocenters. The monoisotopic (exact) mass is 296 g/mol. The molecule has 0 aliphatic rings. The van der Waals surface area contributed by atoms with Crippen molar-refractivity contribution in [1.29, 1.82) is 0 Å². The highest BCUT2D eigenvalue weighted by molar-refractivity contribution is 6.32. The van der Waals surface area contributed by atoms with Crippen LogP contribution in [0.2, 0.25) is 10.0 Å². The average Bonchev–Trinajstić information content (AvgIpc) is 2.42. The standard InChI is InChI=1S/C15H14Cl2O2/c1-19-15-9-11(4-7-13(15)17)14(18)8-10-2-5-12(16)6-3-10/h2-7,9,14,18H,8H2,1H3. The van der Waals surface area contributed by atoms with Crippen LogP contribution in [0.15, 0.2) is 42.5 Å². The third kappa shape index (κ3) is 3.63. The van der Waals surface area contributed by atoms with E-state index in [0.717, 1.165) is 11.1 Å². The Morgan fingerprint density at radius 2 is 1.79 bits per heavy atom. The molecule has 0 fully saturated rings. The maximum Gasteiger partial charge on any atom is 0.137 e. The van der Waals surface area contributed by atoms with E-state index in [2.05, 4.69) is 0 Å². The van der Waals surface area contributed by atoms with Crippen molar-refractivity contribution in [2.24, 2.45) is 0 Å². The number of ether oxygens (including phenoxy) is 1. The zero-order valence-corrected chi connectivity index (χ0v) is 11.9. The normalized spacial score (nSPS) is 12.2. The van der Waals surface area contributed by atoms with Gasteiger partial charge in [-0.1, -0.05) is 41.4 Å². The molecule has 0 spiro atoms. The first-order valence-corrected chi connectivity index (χ1v) is 6.61. The Morgan fingerprint density at radius 1 is 1.11 bits per heavy atom. The molecule has 2 rings (SSSR count). The second kappa shape index (κ2) is 6.29. The number of rotatable bonds is 4. The molecule has 0 saturated carbocycles. The Morgan fingerprint density at radius 3 is 2.42 bits per heavy atom. The molecule has 1 unspecified atom stereocenters. The Labute approximate surface area is 122 Å². The second-order valence-corrected chi connectivity index (χ2v) is 5.08. The summed E-state index contributed by atoms with van der Waals surface area (Å²) >= 11 is 11.8. The highest BCUT2D eigenvalue weighted by Crippen LogP contribution is 2.29. The second-order valence-electron chi connectivity index (χ2n) is 4.24. The van der Waals surface area contributed by atoms with Crippen LogP contribution in [0.5, 0.6) is 5.75 Å². The van der Waals surface area contributed by atoms with E-state index in [1.807, 2.05) is 24.3 Å². The third-order valence-electron chi connectivity index (χ3n) is 2.90. The van der Waals surface area contributed by atoms with Crippen LogP contribution < -0.4 is 4.74 Å². The Kier molecular flexibility index (Phi) is 4.70. The SMILES string of the molecule is COc1cc(C(O)Cc2ccc(Cl)cc2)ccc1Cl. The molecule has 0 heterocycles. The van der Waals surface area contributed by atoms with Crippen molar-refractivity contribution >= 4 is 23.2 Å². The van der Waals surface area contributed by atoms with Crippen LogP contribution in [0.4, 0.5) is 0 Å². The number of aliphatic hydroxyl groups is 1. The highest BCUT2D eigenvalue weighted by atomic mass is 35.5. The highest BCUT2D eigenvalue weighted by Gasteiger charge is 2.11. The molecule has 0 bridgehead atoms. The summed E-state index contributed by atoms with van der Waals surface area (Å²) in [7, 11) is 1.55. The quantitative estimate of drug-likeness (QED) is 0.912. The van der Waals surface area contributed by atoms with Gasteiger partial charge < -0.3 is 9.84 Å². The van der Waals surface area contributed by atoms with Gasteiger partial charge in [0.2, 0.25) is 0 Å². The molecule has 2 aromatic carbocycles. The van der Waals surface area contributed by atoms with Gasteiger partial charge in [-0.2, -0.15) is 0 Å². The van der Waals surface area contributed by atoms with Crippen LogP contribution >= 0.6 is 23.2 Å². The third-order valence-corrected chi connectivity index (χ3v) is 3.47. The fraction of sp³-hybridized carbons (Fsp3) is 0.200. The molecule has 2 aromatic rings. The molecule has 0 saturated heterocycles. The Hall–Kier alpha value is -1.22. The van der Waals surface area contributed by atoms with E-state index in [1.54, 1.807) is 25.3 Å². The van der Waals surface area contributed by atoms with E-state index in [0.29, 0.717) is 22.2 Å². The first-order valence-electron chi connectivity index (χ1n) is 5.86. The largest absolute Gasteiger partial charge is 0.495 e. The number of benzene rings is 2. The van der Waals surface area contributed by atoms with Gasteiger partial charge in [-0.25, -0.2) is 0 Å². The van der Waals surface area contributed by atoms with Gasteiger partial charge in [-0.05, 0) is 35.4 Å². The van der Waals surface area contributed by atoms with E-state index < -0.39 is 6.10 Å². The molecule has 0 amide bonds. The van der Waals surface area contributed by atoms with Gasteiger partial charge in [-0.3, -0.25) is 0 Å². The van der Waals surface area contributed by atoms with Gasteiger partial charge in [0.05, 0.1) is 18.2 Å². The topological polar surface area (TPSA) is 29.5 Å². The van der Waals surface area contributed by atoms with Crippen LogP contribution in [0.25, 0.3) is 0 Å². The minimum absolute atomic E-state index is 0.516. The predicted octanol–water partition coefficient (Wildman–Crippen LogP) is 4.28. The molecule has 19 heavy (non-hydrogen) atoms. The van der Waals surface area contributed by atoms with Gasteiger partial charge >= 0.3 is 0 Å². The fourth-order valence-electron chi connectivity index (χ4n) is 1.85. The van der Waals surface area contributed by atoms with E-state index >= 15 is 0 Å². The Balaban J connectivity index is 2.15. The van der Waals surface area contributed by atoms with E-state index in [9.17, 15) is 5.11 Å². The van der Waals surface area contributed by atoms with Crippen LogP contribution in [-0.2, 0) is 6.42 Å². The molecule has 1 N–H and O–H groups in total. The average molecular weight is 297 g/mol. The van der Waals surface area contributed by atoms with Gasteiger partial charge in [0.25, 0.3) is 0 Å². The summed E-state index contributed by atoms with van der Waals surface area (Å²) in [5, 5.41) is 11.4. The lowest BCUT2D eigenvalue weighted by molar-refractivity contribution is 0.178. The molecule has 2 nitrogen and oxygen atoms in total. The van der Waals surface area contributed by atoms with Crippen molar-refractivity contribution in [1.82, 2.24) is 0 Å². The lowest BCUT2D eigenvalue weighted by Gasteiger charge is -2.13. The maximum atomic E-state index is 10.2. The zero-order chi connectivity index (χ0) is 13.8. The first-order chi connectivity index (χ1) is 9.10. The summed E-state index contributed by atoms with van der Waals surface area (Å²) in [6.45, 7) is 0. The molecule has 4 heteroatoms. The molecule has 0 aromatic heterocycles. The molecule has 100 valence electrons. The summed E-state index contributed by atoms with van der Waals surface area (Å²) in [6, 6.07) is 12.7. The molecule has 0 aliphatic carbocycles. The van der Waals surface area contributed by atoms with Gasteiger partial charge in [0.1, 0.15) is 5.75 Å². The van der Waals surface area contributed by atoms with Crippen molar-refractivity contribution < 1.29 is 9.84 Å². The number of methoxy groups -OCH3 is 1. The molecule has 0 aliphatic heterocycles. The summed E-state index contributed by atoms with van der Waals surface area (Å²) in [4.78, 5) is 0. The smallest absolute Gasteiger partial charge is 0.137 e. The number of hydrogen-bond acceptors (Lipinski definition) is 2. The minimum atomic E-state index is -0.604. The lowest BCUT2D eigenvalue weighted by atomic mass is 10.0. The van der Waals surface area contributed by atoms with Crippen LogP contribution in [-0.4, -0.2) is 12.2 Å². The summed E-state index contributed by atoms with van der Waals surface area (Å²) in [6.07, 6.45) is -0.0885. The zero-order valence-electron chi connectivity index (χ0n) is 10.4. The van der Waals surface area contributed by atoms with Crippen LogP contribution in [0, 0.1) is 0 Å². The number of hydrogen-bond donors (Lipinski definition) is 1. The molecular formula is C15H14Cl2O2. The van der Waals surface area contributed by atoms with Gasteiger partial charge in [0.15, 0.2) is 0 Å². The first kappa shape index (κ1) is 14.2. The van der Waals surface area contributed by atoms with Crippen molar-refractivity contribution in [2.75, 3.05) is 7.11 Å². The Bertz CT molecular complexity index is 553.